The van der Waals surface area contributed by atoms with Crippen LogP contribution in [-0.4, -0.2) is 22.4 Å². The SMILES string of the molecule is COc1ccc(C(=O)Cn2c(C)ncc(Br)c2=O)cc1F. The third kappa shape index (κ3) is 3.18. The van der Waals surface area contributed by atoms with Crippen LogP contribution in [0.15, 0.2) is 33.7 Å². The van der Waals surface area contributed by atoms with Crippen molar-refractivity contribution < 1.29 is 13.9 Å². The normalized spacial score (nSPS) is 10.5. The highest BCUT2D eigenvalue weighted by Crippen LogP contribution is 2.18. The van der Waals surface area contributed by atoms with E-state index in [2.05, 4.69) is 20.9 Å². The molecule has 5 nitrogen and oxygen atoms in total. The summed E-state index contributed by atoms with van der Waals surface area (Å²) in [6.07, 6.45) is 1.38. The minimum absolute atomic E-state index is 0.0593. The van der Waals surface area contributed by atoms with Gasteiger partial charge in [-0.2, -0.15) is 0 Å². The van der Waals surface area contributed by atoms with Crippen molar-refractivity contribution in [2.24, 2.45) is 0 Å². The van der Waals surface area contributed by atoms with Gasteiger partial charge in [0.05, 0.1) is 13.7 Å². The van der Waals surface area contributed by atoms with E-state index >= 15 is 0 Å². The molecular formula is C14H12BrFN2O3. The molecular weight excluding hydrogens is 343 g/mol. The van der Waals surface area contributed by atoms with E-state index in [1.165, 1.54) is 30.0 Å². The Morgan fingerprint density at radius 3 is 2.81 bits per heavy atom. The molecule has 0 unspecified atom stereocenters. The molecule has 0 aliphatic carbocycles. The molecule has 0 atom stereocenters. The molecule has 1 aromatic carbocycles. The van der Waals surface area contributed by atoms with Crippen LogP contribution in [0.1, 0.15) is 16.2 Å². The Balaban J connectivity index is 2.33. The van der Waals surface area contributed by atoms with E-state index in [1.54, 1.807) is 6.92 Å². The Hall–Kier alpha value is -2.02. The number of Topliss-reactive ketones (excluding diaryl/α,β-unsaturated/α-hetero) is 1. The second kappa shape index (κ2) is 6.17. The van der Waals surface area contributed by atoms with Crippen LogP contribution in [0.25, 0.3) is 0 Å². The van der Waals surface area contributed by atoms with Crippen molar-refractivity contribution >= 4 is 21.7 Å². The number of carbonyl (C=O) groups excluding carboxylic acids is 1. The van der Waals surface area contributed by atoms with Gasteiger partial charge < -0.3 is 4.74 Å². The fourth-order valence-corrected chi connectivity index (χ4v) is 2.13. The van der Waals surface area contributed by atoms with Crippen LogP contribution in [0.5, 0.6) is 5.75 Å². The summed E-state index contributed by atoms with van der Waals surface area (Å²) in [5.41, 5.74) is -0.190. The standard InChI is InChI=1S/C14H12BrFN2O3/c1-8-17-6-10(15)14(20)18(8)7-12(19)9-3-4-13(21-2)11(16)5-9/h3-6H,7H2,1-2H3. The highest BCUT2D eigenvalue weighted by Gasteiger charge is 2.14. The van der Waals surface area contributed by atoms with Crippen LogP contribution in [0.2, 0.25) is 0 Å². The lowest BCUT2D eigenvalue weighted by molar-refractivity contribution is 0.0969. The van der Waals surface area contributed by atoms with E-state index in [4.69, 9.17) is 4.74 Å². The van der Waals surface area contributed by atoms with E-state index in [0.29, 0.717) is 5.82 Å². The molecule has 0 aliphatic rings. The Morgan fingerprint density at radius 1 is 1.48 bits per heavy atom. The minimum atomic E-state index is -0.625. The van der Waals surface area contributed by atoms with E-state index < -0.39 is 5.82 Å². The van der Waals surface area contributed by atoms with Gasteiger partial charge in [-0.15, -0.1) is 0 Å². The van der Waals surface area contributed by atoms with Crippen molar-refractivity contribution in [2.45, 2.75) is 13.5 Å². The van der Waals surface area contributed by atoms with E-state index in [1.807, 2.05) is 0 Å². The van der Waals surface area contributed by atoms with Gasteiger partial charge in [-0.05, 0) is 41.1 Å². The molecule has 0 radical (unpaired) electrons. The van der Waals surface area contributed by atoms with Crippen molar-refractivity contribution in [3.8, 4) is 5.75 Å². The number of halogens is 2. The summed E-state index contributed by atoms with van der Waals surface area (Å²) in [5.74, 6) is -0.545. The van der Waals surface area contributed by atoms with Crippen LogP contribution in [0, 0.1) is 12.7 Å². The minimum Gasteiger partial charge on any atom is -0.494 e. The van der Waals surface area contributed by atoms with Crippen molar-refractivity contribution in [1.29, 1.82) is 0 Å². The van der Waals surface area contributed by atoms with Gasteiger partial charge in [0.2, 0.25) is 0 Å². The predicted octanol–water partition coefficient (Wildman–Crippen LogP) is 2.34. The molecule has 2 aromatic rings. The Kier molecular flexibility index (Phi) is 4.52. The number of aromatic nitrogens is 2. The maximum Gasteiger partial charge on any atom is 0.268 e. The molecule has 110 valence electrons. The number of rotatable bonds is 4. The Morgan fingerprint density at radius 2 is 2.19 bits per heavy atom. The molecule has 0 saturated heterocycles. The van der Waals surface area contributed by atoms with Crippen LogP contribution in [0.3, 0.4) is 0 Å². The summed E-state index contributed by atoms with van der Waals surface area (Å²) < 4.78 is 19.9. The summed E-state index contributed by atoms with van der Waals surface area (Å²) in [7, 11) is 1.34. The smallest absolute Gasteiger partial charge is 0.268 e. The molecule has 0 spiro atoms. The van der Waals surface area contributed by atoms with E-state index in [0.717, 1.165) is 6.07 Å². The molecule has 1 heterocycles. The van der Waals surface area contributed by atoms with Gasteiger partial charge in [0.15, 0.2) is 17.3 Å². The maximum absolute atomic E-state index is 13.6. The highest BCUT2D eigenvalue weighted by atomic mass is 79.9. The number of aryl methyl sites for hydroxylation is 1. The Bertz CT molecular complexity index is 758. The van der Waals surface area contributed by atoms with Gasteiger partial charge >= 0.3 is 0 Å². The number of hydrogen-bond donors (Lipinski definition) is 0. The number of methoxy groups -OCH3 is 1. The lowest BCUT2D eigenvalue weighted by atomic mass is 10.1. The molecule has 0 saturated carbocycles. The monoisotopic (exact) mass is 354 g/mol. The maximum atomic E-state index is 13.6. The van der Waals surface area contributed by atoms with Crippen molar-refractivity contribution in [1.82, 2.24) is 9.55 Å². The topological polar surface area (TPSA) is 61.2 Å². The predicted molar refractivity (Wildman–Crippen MR) is 78.2 cm³/mol. The van der Waals surface area contributed by atoms with Crippen LogP contribution < -0.4 is 10.3 Å². The van der Waals surface area contributed by atoms with Gasteiger partial charge in [0.1, 0.15) is 10.3 Å². The first-order valence-electron chi connectivity index (χ1n) is 6.02. The number of benzene rings is 1. The van der Waals surface area contributed by atoms with Crippen molar-refractivity contribution in [3.05, 3.63) is 56.4 Å². The summed E-state index contributed by atoms with van der Waals surface area (Å²) in [5, 5.41) is 0. The second-order valence-electron chi connectivity index (χ2n) is 4.32. The highest BCUT2D eigenvalue weighted by molar-refractivity contribution is 9.10. The van der Waals surface area contributed by atoms with E-state index in [-0.39, 0.29) is 33.7 Å². The fourth-order valence-electron chi connectivity index (χ4n) is 1.81. The number of carbonyl (C=O) groups is 1. The molecule has 7 heteroatoms. The van der Waals surface area contributed by atoms with Crippen molar-refractivity contribution in [2.75, 3.05) is 7.11 Å². The molecule has 0 bridgehead atoms. The van der Waals surface area contributed by atoms with Crippen molar-refractivity contribution in [3.63, 3.8) is 0 Å². The summed E-state index contributed by atoms with van der Waals surface area (Å²) in [6, 6.07) is 3.92. The van der Waals surface area contributed by atoms with E-state index in [9.17, 15) is 14.0 Å². The molecule has 2 rings (SSSR count). The zero-order valence-corrected chi connectivity index (χ0v) is 13.0. The molecule has 0 aliphatic heterocycles. The zero-order chi connectivity index (χ0) is 15.6. The first-order chi connectivity index (χ1) is 9.93. The summed E-state index contributed by atoms with van der Waals surface area (Å²) in [4.78, 5) is 28.1. The molecule has 0 fully saturated rings. The average molecular weight is 355 g/mol. The third-order valence-electron chi connectivity index (χ3n) is 2.98. The Labute approximate surface area is 128 Å². The first kappa shape index (κ1) is 15.4. The van der Waals surface area contributed by atoms with Crippen LogP contribution in [0.4, 0.5) is 4.39 Å². The molecule has 1 aromatic heterocycles. The second-order valence-corrected chi connectivity index (χ2v) is 5.17. The lowest BCUT2D eigenvalue weighted by Crippen LogP contribution is -2.27. The lowest BCUT2D eigenvalue weighted by Gasteiger charge is -2.09. The number of ether oxygens (including phenoxy) is 1. The zero-order valence-electron chi connectivity index (χ0n) is 11.4. The fraction of sp³-hybridized carbons (Fsp3) is 0.214. The summed E-state index contributed by atoms with van der Waals surface area (Å²) >= 11 is 3.07. The first-order valence-corrected chi connectivity index (χ1v) is 6.82. The largest absolute Gasteiger partial charge is 0.494 e. The number of nitrogens with zero attached hydrogens (tertiary/aromatic N) is 2. The molecule has 21 heavy (non-hydrogen) atoms. The molecule has 0 amide bonds. The summed E-state index contributed by atoms with van der Waals surface area (Å²) in [6.45, 7) is 1.42. The van der Waals surface area contributed by atoms with Crippen LogP contribution >= 0.6 is 15.9 Å². The van der Waals surface area contributed by atoms with Crippen LogP contribution in [-0.2, 0) is 6.54 Å². The van der Waals surface area contributed by atoms with Gasteiger partial charge in [-0.3, -0.25) is 14.2 Å². The third-order valence-corrected chi connectivity index (χ3v) is 3.52. The number of hydrogen-bond acceptors (Lipinski definition) is 4. The number of ketones is 1. The van der Waals surface area contributed by atoms with Gasteiger partial charge in [-0.1, -0.05) is 0 Å². The van der Waals surface area contributed by atoms with Gasteiger partial charge in [0.25, 0.3) is 5.56 Å². The average Bonchev–Trinajstić information content (AvgIpc) is 2.47. The quantitative estimate of drug-likeness (QED) is 0.790. The molecule has 0 N–H and O–H groups in total. The van der Waals surface area contributed by atoms with Gasteiger partial charge in [-0.25, -0.2) is 9.37 Å². The van der Waals surface area contributed by atoms with Gasteiger partial charge in [0, 0.05) is 11.8 Å².